The van der Waals surface area contributed by atoms with Gasteiger partial charge in [-0.25, -0.2) is 4.99 Å². The van der Waals surface area contributed by atoms with Gasteiger partial charge in [-0.2, -0.15) is 0 Å². The van der Waals surface area contributed by atoms with Crippen molar-refractivity contribution in [2.45, 2.75) is 0 Å². The van der Waals surface area contributed by atoms with Crippen molar-refractivity contribution in [3.05, 3.63) is 66.2 Å². The summed E-state index contributed by atoms with van der Waals surface area (Å²) in [5.74, 6) is 0. The minimum absolute atomic E-state index is 0.959. The zero-order valence-electron chi connectivity index (χ0n) is 11.1. The quantitative estimate of drug-likeness (QED) is 0.437. The third kappa shape index (κ3) is 1.53. The number of hydrogen-bond donors (Lipinski definition) is 0. The first kappa shape index (κ1) is 11.2. The summed E-state index contributed by atoms with van der Waals surface area (Å²) in [6.45, 7) is 0. The van der Waals surface area contributed by atoms with Gasteiger partial charge in [-0.3, -0.25) is 0 Å². The molecular weight excluding hydrogens is 246 g/mol. The molecule has 0 N–H and O–H groups in total. The van der Waals surface area contributed by atoms with Crippen LogP contribution in [0.15, 0.2) is 65.7 Å². The second-order valence-electron chi connectivity index (χ2n) is 4.85. The fourth-order valence-electron chi connectivity index (χ4n) is 2.64. The highest BCUT2D eigenvalue weighted by Crippen LogP contribution is 2.28. The first-order chi connectivity index (χ1) is 9.84. The molecular formula is C17H13N3. The number of hydrogen-bond acceptors (Lipinski definition) is 1. The molecule has 1 aromatic heterocycles. The number of nitrogens with zero attached hydrogens (tertiary/aromatic N) is 3. The lowest BCUT2D eigenvalue weighted by Gasteiger charge is -2.10. The number of aliphatic imine (C=N–C) groups is 1. The van der Waals surface area contributed by atoms with Gasteiger partial charge >= 0.3 is 0 Å². The van der Waals surface area contributed by atoms with E-state index in [1.54, 1.807) is 0 Å². The lowest BCUT2D eigenvalue weighted by molar-refractivity contribution is 0.826. The molecule has 0 saturated carbocycles. The Bertz CT molecular complexity index is 917. The summed E-state index contributed by atoms with van der Waals surface area (Å²) in [6, 6.07) is 20.7. The molecule has 4 rings (SSSR count). The van der Waals surface area contributed by atoms with Crippen molar-refractivity contribution in [3.8, 4) is 0 Å². The monoisotopic (exact) mass is 259 g/mol. The Morgan fingerprint density at radius 2 is 1.75 bits per heavy atom. The van der Waals surface area contributed by atoms with Gasteiger partial charge in [0.25, 0.3) is 0 Å². The van der Waals surface area contributed by atoms with Gasteiger partial charge in [0.2, 0.25) is 6.34 Å². The molecule has 20 heavy (non-hydrogen) atoms. The Hall–Kier alpha value is -2.68. The summed E-state index contributed by atoms with van der Waals surface area (Å²) in [5.41, 5.74) is 4.27. The van der Waals surface area contributed by atoms with Crippen molar-refractivity contribution in [3.63, 3.8) is 0 Å². The summed E-state index contributed by atoms with van der Waals surface area (Å²) >= 11 is 0. The third-order valence-corrected chi connectivity index (χ3v) is 3.68. The van der Waals surface area contributed by atoms with Gasteiger partial charge in [-0.05, 0) is 12.1 Å². The Balaban J connectivity index is 2.12. The molecule has 0 aliphatic carbocycles. The van der Waals surface area contributed by atoms with Gasteiger partial charge in [-0.1, -0.05) is 48.5 Å². The maximum Gasteiger partial charge on any atom is 0.208 e. The third-order valence-electron chi connectivity index (χ3n) is 3.68. The van der Waals surface area contributed by atoms with E-state index in [2.05, 4.69) is 65.4 Å². The molecule has 0 amide bonds. The average Bonchev–Trinajstić information content (AvgIpc) is 2.92. The first-order valence-corrected chi connectivity index (χ1v) is 6.58. The van der Waals surface area contributed by atoms with Crippen LogP contribution in [0, 0.1) is 0 Å². The summed E-state index contributed by atoms with van der Waals surface area (Å²) in [5, 5.41) is 1.23. The minimum Gasteiger partial charge on any atom is -0.325 e. The van der Waals surface area contributed by atoms with E-state index in [0.717, 1.165) is 16.9 Å². The zero-order chi connectivity index (χ0) is 13.5. The molecule has 3 nitrogen and oxygen atoms in total. The van der Waals surface area contributed by atoms with E-state index in [1.807, 2.05) is 22.8 Å². The van der Waals surface area contributed by atoms with Gasteiger partial charge < -0.3 is 9.14 Å². The lowest BCUT2D eigenvalue weighted by Crippen LogP contribution is -2.30. The Morgan fingerprint density at radius 3 is 2.70 bits per heavy atom. The van der Waals surface area contributed by atoms with Crippen LogP contribution in [0.4, 0.5) is 11.4 Å². The molecule has 2 heterocycles. The highest BCUT2D eigenvalue weighted by Gasteiger charge is 2.09. The van der Waals surface area contributed by atoms with Crippen molar-refractivity contribution in [2.75, 3.05) is 0 Å². The van der Waals surface area contributed by atoms with E-state index in [-0.39, 0.29) is 0 Å². The summed E-state index contributed by atoms with van der Waals surface area (Å²) in [7, 11) is 2.07. The number of para-hydroxylation sites is 3. The Morgan fingerprint density at radius 1 is 0.950 bits per heavy atom. The molecule has 1 aliphatic heterocycles. The number of aryl methyl sites for hydroxylation is 1. The number of pyridine rings is 1. The van der Waals surface area contributed by atoms with E-state index in [0.29, 0.717) is 0 Å². The Kier molecular flexibility index (Phi) is 2.33. The van der Waals surface area contributed by atoms with E-state index in [4.69, 9.17) is 0 Å². The van der Waals surface area contributed by atoms with Crippen molar-refractivity contribution < 1.29 is 0 Å². The molecule has 2 aromatic carbocycles. The number of benzene rings is 2. The van der Waals surface area contributed by atoms with E-state index >= 15 is 0 Å². The molecule has 0 fully saturated rings. The fraction of sp³-hybridized carbons (Fsp3) is 0.0588. The summed E-state index contributed by atoms with van der Waals surface area (Å²) in [4.78, 5) is 4.34. The standard InChI is InChI=1S/C17H13N3/c1-19-15-8-4-2-6-13(15)10-11-17(19)20-12-18-14-7-3-5-9-16(14)20/h2-11H,1H3. The topological polar surface area (TPSA) is 20.3 Å². The summed E-state index contributed by atoms with van der Waals surface area (Å²) in [6.07, 6.45) is 3.08. The lowest BCUT2D eigenvalue weighted by atomic mass is 10.2. The van der Waals surface area contributed by atoms with Crippen molar-refractivity contribution in [2.24, 2.45) is 12.0 Å². The first-order valence-electron chi connectivity index (χ1n) is 6.58. The van der Waals surface area contributed by atoms with Crippen LogP contribution in [-0.2, 0) is 7.05 Å². The Labute approximate surface area is 116 Å². The fourth-order valence-corrected chi connectivity index (χ4v) is 2.64. The minimum atomic E-state index is 0.959. The van der Waals surface area contributed by atoms with Gasteiger partial charge in [0.05, 0.1) is 11.2 Å². The highest BCUT2D eigenvalue weighted by molar-refractivity contribution is 5.84. The molecule has 0 saturated heterocycles. The van der Waals surface area contributed by atoms with Crippen LogP contribution < -0.4 is 10.1 Å². The van der Waals surface area contributed by atoms with E-state index < -0.39 is 0 Å². The molecule has 0 bridgehead atoms. The number of aromatic nitrogens is 1. The van der Waals surface area contributed by atoms with Crippen molar-refractivity contribution in [1.82, 2.24) is 9.14 Å². The predicted molar refractivity (Wildman–Crippen MR) is 81.4 cm³/mol. The van der Waals surface area contributed by atoms with Crippen LogP contribution in [0.2, 0.25) is 0 Å². The molecule has 0 radical (unpaired) electrons. The number of fused-ring (bicyclic) bond motifs is 2. The van der Waals surface area contributed by atoms with Crippen molar-refractivity contribution >= 4 is 28.6 Å². The van der Waals surface area contributed by atoms with Crippen LogP contribution in [0.3, 0.4) is 0 Å². The van der Waals surface area contributed by atoms with Crippen LogP contribution in [0.5, 0.6) is 0 Å². The average molecular weight is 259 g/mol. The smallest absolute Gasteiger partial charge is 0.208 e. The number of rotatable bonds is 0. The van der Waals surface area contributed by atoms with Crippen LogP contribution in [0.25, 0.3) is 10.9 Å². The second kappa shape index (κ2) is 4.17. The van der Waals surface area contributed by atoms with Crippen LogP contribution in [-0.4, -0.2) is 10.9 Å². The normalized spacial score (nSPS) is 15.7. The highest BCUT2D eigenvalue weighted by atomic mass is 15.2. The van der Waals surface area contributed by atoms with Gasteiger partial charge in [-0.15, -0.1) is 0 Å². The maximum atomic E-state index is 4.34. The molecule has 0 atom stereocenters. The summed E-state index contributed by atoms with van der Waals surface area (Å²) < 4.78 is 4.17. The van der Waals surface area contributed by atoms with Gasteiger partial charge in [0, 0.05) is 18.1 Å². The van der Waals surface area contributed by atoms with Crippen LogP contribution in [0.1, 0.15) is 0 Å². The predicted octanol–water partition coefficient (Wildman–Crippen LogP) is 2.83. The van der Waals surface area contributed by atoms with E-state index in [9.17, 15) is 0 Å². The van der Waals surface area contributed by atoms with Crippen LogP contribution >= 0.6 is 0 Å². The molecule has 1 aliphatic rings. The molecule has 0 unspecified atom stereocenters. The SMILES string of the molecule is Cn1c(=[N+]2[C-]=Nc3ccccc32)ccc2ccccc21. The van der Waals surface area contributed by atoms with Gasteiger partial charge in [0.15, 0.2) is 5.49 Å². The molecule has 96 valence electrons. The largest absolute Gasteiger partial charge is 0.325 e. The molecule has 3 aromatic rings. The zero-order valence-corrected chi connectivity index (χ0v) is 11.1. The maximum absolute atomic E-state index is 4.34. The second-order valence-corrected chi connectivity index (χ2v) is 4.85. The molecule has 0 spiro atoms. The van der Waals surface area contributed by atoms with E-state index in [1.165, 1.54) is 10.9 Å². The van der Waals surface area contributed by atoms with Gasteiger partial charge in [0.1, 0.15) is 0 Å². The molecule has 3 heteroatoms. The van der Waals surface area contributed by atoms with Crippen molar-refractivity contribution in [1.29, 1.82) is 0 Å².